The predicted octanol–water partition coefficient (Wildman–Crippen LogP) is 7.48. The highest BCUT2D eigenvalue weighted by Gasteiger charge is 2.18. The van der Waals surface area contributed by atoms with E-state index in [9.17, 15) is 5.11 Å². The summed E-state index contributed by atoms with van der Waals surface area (Å²) in [6.45, 7) is 4.49. The molecule has 0 saturated carbocycles. The number of aliphatic imine (C=N–C) groups is 1. The van der Waals surface area contributed by atoms with Gasteiger partial charge in [-0.2, -0.15) is 0 Å². The average Bonchev–Trinajstić information content (AvgIpc) is 3.00. The van der Waals surface area contributed by atoms with Crippen molar-refractivity contribution < 1.29 is 5.11 Å². The van der Waals surface area contributed by atoms with E-state index in [2.05, 4.69) is 21.5 Å². The van der Waals surface area contributed by atoms with Crippen LogP contribution in [0.3, 0.4) is 0 Å². The van der Waals surface area contributed by atoms with Crippen LogP contribution in [0.1, 0.15) is 11.3 Å². The van der Waals surface area contributed by atoms with Crippen molar-refractivity contribution in [2.75, 3.05) is 0 Å². The molecule has 6 heteroatoms. The lowest BCUT2D eigenvalue weighted by Crippen LogP contribution is -1.98. The third kappa shape index (κ3) is 4.12. The van der Waals surface area contributed by atoms with Crippen LogP contribution in [-0.4, -0.2) is 31.3 Å². The fraction of sp³-hybridized carbons (Fsp3) is 0.0294. The molecule has 0 atom stereocenters. The fourth-order valence-corrected chi connectivity index (χ4v) is 5.07. The molecule has 0 amide bonds. The van der Waals surface area contributed by atoms with Gasteiger partial charge in [-0.25, -0.2) is 4.98 Å². The Balaban J connectivity index is 1.44. The van der Waals surface area contributed by atoms with Gasteiger partial charge in [0.1, 0.15) is 5.52 Å². The van der Waals surface area contributed by atoms with E-state index in [-0.39, 0.29) is 5.75 Å². The normalized spacial score (nSPS) is 14.1. The first kappa shape index (κ1) is 23.6. The van der Waals surface area contributed by atoms with E-state index in [4.69, 9.17) is 9.97 Å². The number of hydrogen-bond donors (Lipinski definition) is 1. The van der Waals surface area contributed by atoms with Crippen LogP contribution in [0, 0.1) is 0 Å². The summed E-state index contributed by atoms with van der Waals surface area (Å²) in [5.74, 6) is 0.0798. The zero-order valence-corrected chi connectivity index (χ0v) is 21.5. The minimum Gasteiger partial charge on any atom is -0.505 e. The number of pyridine rings is 4. The molecule has 0 aliphatic carbocycles. The molecule has 5 heterocycles. The number of allylic oxidation sites excluding steroid dienone is 4. The Bertz CT molecular complexity index is 2070. The molecule has 0 bridgehead atoms. The van der Waals surface area contributed by atoms with Gasteiger partial charge in [0.25, 0.3) is 0 Å². The fourth-order valence-electron chi connectivity index (χ4n) is 5.07. The number of hydrogen-bond acceptors (Lipinski definition) is 6. The molecule has 0 unspecified atom stereocenters. The number of nitrogens with zero attached hydrogens (tertiary/aromatic N) is 5. The monoisotopic (exact) mass is 517 g/mol. The highest BCUT2D eigenvalue weighted by atomic mass is 16.3. The number of phenols is 1. The van der Waals surface area contributed by atoms with Crippen molar-refractivity contribution in [1.82, 2.24) is 19.9 Å². The van der Waals surface area contributed by atoms with Crippen LogP contribution in [0.15, 0.2) is 114 Å². The minimum absolute atomic E-state index is 0.0798. The van der Waals surface area contributed by atoms with Crippen LogP contribution in [0.4, 0.5) is 0 Å². The quantitative estimate of drug-likeness (QED) is 0.241. The van der Waals surface area contributed by atoms with E-state index in [0.717, 1.165) is 55.3 Å². The largest absolute Gasteiger partial charge is 0.505 e. The Hall–Kier alpha value is -5.49. The van der Waals surface area contributed by atoms with Gasteiger partial charge >= 0.3 is 0 Å². The van der Waals surface area contributed by atoms with Crippen molar-refractivity contribution in [2.45, 2.75) is 6.54 Å². The van der Waals surface area contributed by atoms with Crippen LogP contribution in [0.25, 0.3) is 61.3 Å². The first-order valence-electron chi connectivity index (χ1n) is 12.9. The van der Waals surface area contributed by atoms with Crippen molar-refractivity contribution >= 4 is 45.0 Å². The highest BCUT2D eigenvalue weighted by molar-refractivity contribution is 6.05. The Morgan fingerprint density at radius 2 is 1.45 bits per heavy atom. The molecule has 0 radical (unpaired) electrons. The van der Waals surface area contributed by atoms with Crippen molar-refractivity contribution in [1.29, 1.82) is 0 Å². The average molecular weight is 518 g/mol. The minimum atomic E-state index is 0.0798. The number of aromatic hydroxyl groups is 1. The predicted molar refractivity (Wildman–Crippen MR) is 162 cm³/mol. The zero-order valence-electron chi connectivity index (χ0n) is 21.5. The van der Waals surface area contributed by atoms with Gasteiger partial charge in [-0.3, -0.25) is 19.9 Å². The second-order valence-corrected chi connectivity index (χ2v) is 9.62. The summed E-state index contributed by atoms with van der Waals surface area (Å²) in [6, 6.07) is 21.7. The van der Waals surface area contributed by atoms with Gasteiger partial charge in [-0.15, -0.1) is 0 Å². The molecule has 1 N–H and O–H groups in total. The lowest BCUT2D eigenvalue weighted by molar-refractivity contribution is 0.482. The molecule has 1 aliphatic rings. The number of benzene rings is 2. The van der Waals surface area contributed by atoms with Gasteiger partial charge in [-0.1, -0.05) is 61.2 Å². The molecule has 2 aromatic carbocycles. The molecule has 0 fully saturated rings. The molecule has 7 rings (SSSR count). The number of aromatic nitrogens is 4. The Labute approximate surface area is 230 Å². The van der Waals surface area contributed by atoms with Crippen LogP contribution < -0.4 is 0 Å². The molecule has 6 aromatic rings. The van der Waals surface area contributed by atoms with Crippen molar-refractivity contribution in [3.63, 3.8) is 0 Å². The molecular weight excluding hydrogens is 494 g/mol. The van der Waals surface area contributed by atoms with E-state index in [1.54, 1.807) is 18.6 Å². The zero-order chi connectivity index (χ0) is 27.1. The number of phenolic OH excluding ortho intramolecular Hbond substituents is 1. The third-order valence-electron chi connectivity index (χ3n) is 7.08. The van der Waals surface area contributed by atoms with Crippen molar-refractivity contribution in [3.8, 4) is 28.3 Å². The molecule has 6 nitrogen and oxygen atoms in total. The first-order chi connectivity index (χ1) is 19.7. The van der Waals surface area contributed by atoms with Gasteiger partial charge in [0.2, 0.25) is 0 Å². The summed E-state index contributed by atoms with van der Waals surface area (Å²) in [5.41, 5.74) is 7.64. The van der Waals surface area contributed by atoms with Crippen LogP contribution in [0.2, 0.25) is 0 Å². The maximum absolute atomic E-state index is 11.4. The summed E-state index contributed by atoms with van der Waals surface area (Å²) in [7, 11) is 0. The summed E-state index contributed by atoms with van der Waals surface area (Å²) in [5, 5.41) is 14.2. The van der Waals surface area contributed by atoms with Gasteiger partial charge in [0, 0.05) is 45.9 Å². The van der Waals surface area contributed by atoms with Gasteiger partial charge in [0.05, 0.1) is 34.7 Å². The van der Waals surface area contributed by atoms with E-state index in [1.807, 2.05) is 91.0 Å². The van der Waals surface area contributed by atoms with Crippen molar-refractivity contribution in [3.05, 3.63) is 121 Å². The van der Waals surface area contributed by atoms with E-state index < -0.39 is 0 Å². The standard InChI is InChI=1S/C34H23N5O/c1-21-5-2-16-35-20-30-22(9-8-21)12-14-28(38-30)26-19-27(34(40)33-25(26)7-4-18-37-33)29-15-13-24-11-10-23-6-3-17-36-31(23)32(24)39-29/h2-19,40H,1,20H2/b5-2-,9-8?,35-16?. The molecule has 1 aliphatic heterocycles. The van der Waals surface area contributed by atoms with Crippen molar-refractivity contribution in [2.24, 2.45) is 4.99 Å². The third-order valence-corrected chi connectivity index (χ3v) is 7.08. The smallest absolute Gasteiger partial charge is 0.151 e. The van der Waals surface area contributed by atoms with Crippen LogP contribution in [-0.2, 0) is 6.54 Å². The number of fused-ring (bicyclic) bond motifs is 5. The topological polar surface area (TPSA) is 84.2 Å². The second kappa shape index (κ2) is 9.67. The lowest BCUT2D eigenvalue weighted by atomic mass is 9.97. The van der Waals surface area contributed by atoms with E-state index in [1.165, 1.54) is 0 Å². The molecule has 190 valence electrons. The second-order valence-electron chi connectivity index (χ2n) is 9.62. The Kier molecular flexibility index (Phi) is 5.71. The van der Waals surface area contributed by atoms with E-state index in [0.29, 0.717) is 23.3 Å². The first-order valence-corrected chi connectivity index (χ1v) is 12.9. The molecule has 40 heavy (non-hydrogen) atoms. The van der Waals surface area contributed by atoms with Gasteiger partial charge in [0.15, 0.2) is 5.75 Å². The maximum atomic E-state index is 11.4. The summed E-state index contributed by atoms with van der Waals surface area (Å²) >= 11 is 0. The molecule has 0 spiro atoms. The van der Waals surface area contributed by atoms with Gasteiger partial charge in [-0.05, 0) is 47.5 Å². The SMILES string of the molecule is C=C1C=Cc2ccc(-c3cc(-c4ccc5ccc6cccnc6c5n4)c(O)c4ncccc34)nc2CN=C/C=C\1. The Morgan fingerprint density at radius 3 is 2.35 bits per heavy atom. The van der Waals surface area contributed by atoms with Crippen LogP contribution >= 0.6 is 0 Å². The summed E-state index contributed by atoms with van der Waals surface area (Å²) in [4.78, 5) is 23.7. The molecule has 4 aromatic heterocycles. The summed E-state index contributed by atoms with van der Waals surface area (Å²) in [6.07, 6.45) is 13.0. The maximum Gasteiger partial charge on any atom is 0.151 e. The van der Waals surface area contributed by atoms with Gasteiger partial charge < -0.3 is 5.11 Å². The molecule has 0 saturated heterocycles. The molecular formula is C34H23N5O. The summed E-state index contributed by atoms with van der Waals surface area (Å²) < 4.78 is 0. The van der Waals surface area contributed by atoms with E-state index >= 15 is 0 Å². The van der Waals surface area contributed by atoms with Crippen LogP contribution in [0.5, 0.6) is 5.75 Å². The number of rotatable bonds is 2. The highest BCUT2D eigenvalue weighted by Crippen LogP contribution is 2.40. The Morgan fingerprint density at radius 1 is 0.700 bits per heavy atom. The lowest BCUT2D eigenvalue weighted by Gasteiger charge is -2.14.